The monoisotopic (exact) mass is 385 g/mol. The molecule has 4 rings (SSSR count). The van der Waals surface area contributed by atoms with Crippen molar-refractivity contribution in [1.29, 1.82) is 0 Å². The van der Waals surface area contributed by atoms with Crippen molar-refractivity contribution in [3.63, 3.8) is 0 Å². The van der Waals surface area contributed by atoms with Crippen LogP contribution in [0.4, 0.5) is 0 Å². The summed E-state index contributed by atoms with van der Waals surface area (Å²) < 4.78 is 0. The fourth-order valence-electron chi connectivity index (χ4n) is 2.82. The number of hydrogen-bond donors (Lipinski definition) is 2. The van der Waals surface area contributed by atoms with Crippen LogP contribution in [0.5, 0.6) is 0 Å². The molecule has 0 saturated heterocycles. The lowest BCUT2D eigenvalue weighted by Crippen LogP contribution is -2.03. The largest absolute Gasteiger partial charge is 0.478 e. The Kier molecular flexibility index (Phi) is 6.00. The molecular formula is C24H19NO4. The van der Waals surface area contributed by atoms with Gasteiger partial charge in [-0.25, -0.2) is 14.6 Å². The van der Waals surface area contributed by atoms with Gasteiger partial charge < -0.3 is 10.2 Å². The summed E-state index contributed by atoms with van der Waals surface area (Å²) in [6.07, 6.45) is 0. The van der Waals surface area contributed by atoms with Gasteiger partial charge in [-0.1, -0.05) is 60.7 Å². The van der Waals surface area contributed by atoms with E-state index in [1.54, 1.807) is 6.92 Å². The third-order valence-electron chi connectivity index (χ3n) is 4.38. The lowest BCUT2D eigenvalue weighted by Gasteiger charge is -2.02. The summed E-state index contributed by atoms with van der Waals surface area (Å²) in [6, 6.07) is 26.6. The summed E-state index contributed by atoms with van der Waals surface area (Å²) in [4.78, 5) is 25.7. The molecule has 144 valence electrons. The average molecular weight is 385 g/mol. The van der Waals surface area contributed by atoms with Crippen molar-refractivity contribution in [2.75, 3.05) is 0 Å². The lowest BCUT2D eigenvalue weighted by molar-refractivity contribution is 0.0695. The van der Waals surface area contributed by atoms with E-state index >= 15 is 0 Å². The van der Waals surface area contributed by atoms with Crippen molar-refractivity contribution in [1.82, 2.24) is 4.98 Å². The third kappa shape index (κ3) is 4.84. The zero-order valence-electron chi connectivity index (χ0n) is 15.7. The fourth-order valence-corrected chi connectivity index (χ4v) is 2.82. The topological polar surface area (TPSA) is 87.5 Å². The number of hydrogen-bond acceptors (Lipinski definition) is 3. The van der Waals surface area contributed by atoms with Gasteiger partial charge in [0.1, 0.15) is 0 Å². The Labute approximate surface area is 167 Å². The van der Waals surface area contributed by atoms with E-state index in [2.05, 4.69) is 35.3 Å². The molecule has 5 heteroatoms. The molecule has 0 atom stereocenters. The molecule has 0 unspecified atom stereocenters. The molecule has 1 heterocycles. The van der Waals surface area contributed by atoms with E-state index in [1.807, 2.05) is 36.4 Å². The molecule has 0 bridgehead atoms. The van der Waals surface area contributed by atoms with Gasteiger partial charge in [-0.2, -0.15) is 0 Å². The Bertz CT molecular complexity index is 1170. The summed E-state index contributed by atoms with van der Waals surface area (Å²) in [6.45, 7) is 1.62. The number of nitrogens with zero attached hydrogens (tertiary/aromatic N) is 1. The van der Waals surface area contributed by atoms with Crippen LogP contribution in [0.15, 0.2) is 84.9 Å². The molecule has 2 N–H and O–H groups in total. The number of aryl methyl sites for hydroxylation is 1. The molecule has 4 aromatic rings. The maximum Gasteiger partial charge on any atom is 0.335 e. The molecule has 0 radical (unpaired) electrons. The number of rotatable bonds is 3. The van der Waals surface area contributed by atoms with Gasteiger partial charge in [0.15, 0.2) is 0 Å². The summed E-state index contributed by atoms with van der Waals surface area (Å²) in [5.41, 5.74) is 3.80. The van der Waals surface area contributed by atoms with Crippen molar-refractivity contribution in [3.05, 3.63) is 102 Å². The maximum absolute atomic E-state index is 10.6. The number of benzene rings is 3. The summed E-state index contributed by atoms with van der Waals surface area (Å²) in [5.74, 6) is -2.23. The molecule has 0 saturated carbocycles. The number of aromatic nitrogens is 1. The number of carboxylic acid groups (broad SMARTS) is 2. The molecule has 29 heavy (non-hydrogen) atoms. The van der Waals surface area contributed by atoms with Gasteiger partial charge in [0, 0.05) is 10.9 Å². The van der Waals surface area contributed by atoms with Gasteiger partial charge in [0.25, 0.3) is 0 Å². The van der Waals surface area contributed by atoms with E-state index in [0.717, 1.165) is 22.8 Å². The quantitative estimate of drug-likeness (QED) is 0.500. The van der Waals surface area contributed by atoms with Crippen LogP contribution in [-0.4, -0.2) is 27.1 Å². The van der Waals surface area contributed by atoms with Crippen LogP contribution in [0.2, 0.25) is 0 Å². The molecule has 0 spiro atoms. The number of para-hydroxylation sites is 1. The standard InChI is InChI=1S/C15H11N.C9H8O4/c1-2-6-12(7-3-1)15-11-10-13-8-4-5-9-14(13)16-15;1-5-2-3-6(8(10)11)4-7(5)9(12)13/h1-11H;2-4H,1H3,(H,10,11)(H,12,13). The van der Waals surface area contributed by atoms with Crippen LogP contribution >= 0.6 is 0 Å². The first-order valence-corrected chi connectivity index (χ1v) is 8.94. The maximum atomic E-state index is 10.6. The van der Waals surface area contributed by atoms with Gasteiger partial charge in [-0.3, -0.25) is 0 Å². The Morgan fingerprint density at radius 3 is 2.14 bits per heavy atom. The first kappa shape index (κ1) is 19.8. The highest BCUT2D eigenvalue weighted by Crippen LogP contribution is 2.20. The molecule has 5 nitrogen and oxygen atoms in total. The van der Waals surface area contributed by atoms with Crippen LogP contribution in [0.25, 0.3) is 22.2 Å². The van der Waals surface area contributed by atoms with Gasteiger partial charge >= 0.3 is 11.9 Å². The van der Waals surface area contributed by atoms with Crippen molar-refractivity contribution in [2.45, 2.75) is 6.92 Å². The number of aromatic carboxylic acids is 2. The normalized spacial score (nSPS) is 10.1. The second-order valence-corrected chi connectivity index (χ2v) is 6.40. The van der Waals surface area contributed by atoms with Crippen LogP contribution in [0.1, 0.15) is 26.3 Å². The van der Waals surface area contributed by atoms with Crippen molar-refractivity contribution >= 4 is 22.8 Å². The molecular weight excluding hydrogens is 366 g/mol. The zero-order chi connectivity index (χ0) is 20.8. The number of pyridine rings is 1. The first-order chi connectivity index (χ1) is 14.0. The highest BCUT2D eigenvalue weighted by atomic mass is 16.4. The second kappa shape index (κ2) is 8.80. The van der Waals surface area contributed by atoms with Crippen LogP contribution in [-0.2, 0) is 0 Å². The highest BCUT2D eigenvalue weighted by molar-refractivity contribution is 5.94. The summed E-state index contributed by atoms with van der Waals surface area (Å²) in [7, 11) is 0. The SMILES string of the molecule is Cc1ccc(C(=O)O)cc1C(=O)O.c1ccc(-c2ccc3ccccc3n2)cc1. The first-order valence-electron chi connectivity index (χ1n) is 8.94. The zero-order valence-corrected chi connectivity index (χ0v) is 15.7. The van der Waals surface area contributed by atoms with E-state index in [0.29, 0.717) is 5.56 Å². The van der Waals surface area contributed by atoms with E-state index < -0.39 is 11.9 Å². The number of fused-ring (bicyclic) bond motifs is 1. The van der Waals surface area contributed by atoms with Gasteiger partial charge in [0.2, 0.25) is 0 Å². The van der Waals surface area contributed by atoms with Gasteiger partial charge in [0.05, 0.1) is 22.3 Å². The molecule has 0 fully saturated rings. The third-order valence-corrected chi connectivity index (χ3v) is 4.38. The van der Waals surface area contributed by atoms with Crippen molar-refractivity contribution in [3.8, 4) is 11.3 Å². The van der Waals surface area contributed by atoms with E-state index in [4.69, 9.17) is 10.2 Å². The predicted molar refractivity (Wildman–Crippen MR) is 112 cm³/mol. The Morgan fingerprint density at radius 2 is 1.45 bits per heavy atom. The average Bonchev–Trinajstić information content (AvgIpc) is 2.74. The smallest absolute Gasteiger partial charge is 0.335 e. The number of carboxylic acids is 2. The van der Waals surface area contributed by atoms with Crippen molar-refractivity contribution in [2.24, 2.45) is 0 Å². The minimum Gasteiger partial charge on any atom is -0.478 e. The molecule has 1 aromatic heterocycles. The molecule has 0 aliphatic carbocycles. The molecule has 0 amide bonds. The number of carbonyl (C=O) groups is 2. The van der Waals surface area contributed by atoms with E-state index in [-0.39, 0.29) is 11.1 Å². The van der Waals surface area contributed by atoms with Crippen LogP contribution in [0.3, 0.4) is 0 Å². The molecule has 0 aliphatic rings. The highest BCUT2D eigenvalue weighted by Gasteiger charge is 2.10. The Balaban J connectivity index is 0.000000170. The van der Waals surface area contributed by atoms with Gasteiger partial charge in [-0.15, -0.1) is 0 Å². The van der Waals surface area contributed by atoms with E-state index in [1.165, 1.54) is 17.5 Å². The summed E-state index contributed by atoms with van der Waals surface area (Å²) in [5, 5.41) is 18.5. The predicted octanol–water partition coefficient (Wildman–Crippen LogP) is 5.29. The van der Waals surface area contributed by atoms with Gasteiger partial charge in [-0.05, 0) is 36.8 Å². The lowest BCUT2D eigenvalue weighted by atomic mass is 10.1. The molecule has 3 aromatic carbocycles. The minimum absolute atomic E-state index is 0.0111. The van der Waals surface area contributed by atoms with Crippen LogP contribution in [0, 0.1) is 6.92 Å². The fraction of sp³-hybridized carbons (Fsp3) is 0.0417. The van der Waals surface area contributed by atoms with Crippen LogP contribution < -0.4 is 0 Å². The molecule has 0 aliphatic heterocycles. The summed E-state index contributed by atoms with van der Waals surface area (Å²) >= 11 is 0. The van der Waals surface area contributed by atoms with Crippen molar-refractivity contribution < 1.29 is 19.8 Å². The Morgan fingerprint density at radius 1 is 0.759 bits per heavy atom. The second-order valence-electron chi connectivity index (χ2n) is 6.40. The van der Waals surface area contributed by atoms with E-state index in [9.17, 15) is 9.59 Å². The minimum atomic E-state index is -1.12. The Hall–Kier alpha value is -3.99.